The zero-order chi connectivity index (χ0) is 8.32. The van der Waals surface area contributed by atoms with Crippen molar-refractivity contribution in [3.05, 3.63) is 0 Å². The van der Waals surface area contributed by atoms with Crippen LogP contribution in [0.25, 0.3) is 0 Å². The van der Waals surface area contributed by atoms with Crippen molar-refractivity contribution in [3.8, 4) is 0 Å². The lowest BCUT2D eigenvalue weighted by Crippen LogP contribution is -2.57. The van der Waals surface area contributed by atoms with E-state index in [1.165, 1.54) is 6.42 Å². The summed E-state index contributed by atoms with van der Waals surface area (Å²) in [6.07, 6.45) is 2.27. The molecule has 0 spiro atoms. The highest BCUT2D eigenvalue weighted by Gasteiger charge is 2.31. The molecule has 66 valence electrons. The molecule has 0 bridgehead atoms. The summed E-state index contributed by atoms with van der Waals surface area (Å²) < 4.78 is 0. The minimum absolute atomic E-state index is 0.0347. The number of nitrogens with one attached hydrogen (secondary N) is 1. The molecule has 1 aliphatic heterocycles. The van der Waals surface area contributed by atoms with Crippen LogP contribution in [-0.4, -0.2) is 49.3 Å². The summed E-state index contributed by atoms with van der Waals surface area (Å²) in [6, 6.07) is 0. The van der Waals surface area contributed by atoms with Crippen LogP contribution < -0.4 is 5.32 Å². The van der Waals surface area contributed by atoms with Crippen LogP contribution in [0.3, 0.4) is 0 Å². The van der Waals surface area contributed by atoms with Crippen molar-refractivity contribution >= 4 is 0 Å². The molecule has 3 heteroatoms. The molecule has 0 radical (unpaired) electrons. The van der Waals surface area contributed by atoms with Gasteiger partial charge in [0.2, 0.25) is 0 Å². The van der Waals surface area contributed by atoms with E-state index in [1.54, 1.807) is 0 Å². The van der Waals surface area contributed by atoms with Crippen LogP contribution >= 0.6 is 0 Å². The van der Waals surface area contributed by atoms with Gasteiger partial charge in [-0.2, -0.15) is 0 Å². The molecule has 1 fully saturated rings. The first-order valence-corrected chi connectivity index (χ1v) is 4.21. The first-order valence-electron chi connectivity index (χ1n) is 4.21. The minimum atomic E-state index is -0.0347. The Hall–Kier alpha value is -0.120. The van der Waals surface area contributed by atoms with Gasteiger partial charge < -0.3 is 15.3 Å². The van der Waals surface area contributed by atoms with Gasteiger partial charge in [0, 0.05) is 6.54 Å². The van der Waals surface area contributed by atoms with Crippen LogP contribution in [-0.2, 0) is 0 Å². The lowest BCUT2D eigenvalue weighted by atomic mass is 9.90. The predicted octanol–water partition coefficient (Wildman–Crippen LogP) is -0.338. The summed E-state index contributed by atoms with van der Waals surface area (Å²) in [5.41, 5.74) is -0.0347. The fraction of sp³-hybridized carbons (Fsp3) is 1.00. The van der Waals surface area contributed by atoms with Crippen molar-refractivity contribution in [2.75, 3.05) is 33.8 Å². The fourth-order valence-corrected chi connectivity index (χ4v) is 1.77. The molecule has 1 unspecified atom stereocenters. The second kappa shape index (κ2) is 3.52. The molecule has 0 amide bonds. The van der Waals surface area contributed by atoms with E-state index in [-0.39, 0.29) is 12.1 Å². The van der Waals surface area contributed by atoms with Crippen molar-refractivity contribution < 1.29 is 5.11 Å². The van der Waals surface area contributed by atoms with Gasteiger partial charge in [-0.05, 0) is 33.5 Å². The molecular formula is C8H18N2O. The zero-order valence-corrected chi connectivity index (χ0v) is 7.43. The first-order chi connectivity index (χ1) is 5.22. The van der Waals surface area contributed by atoms with Gasteiger partial charge in [-0.3, -0.25) is 0 Å². The van der Waals surface area contributed by atoms with Crippen molar-refractivity contribution in [3.63, 3.8) is 0 Å². The van der Waals surface area contributed by atoms with Gasteiger partial charge in [0.15, 0.2) is 0 Å². The number of likely N-dealkylation sites (N-methyl/N-ethyl adjacent to an activating group) is 2. The van der Waals surface area contributed by atoms with Crippen LogP contribution in [0.1, 0.15) is 12.8 Å². The Labute approximate surface area is 68.4 Å². The Bertz CT molecular complexity index is 123. The average Bonchev–Trinajstić information content (AvgIpc) is 2.04. The summed E-state index contributed by atoms with van der Waals surface area (Å²) in [6.45, 7) is 2.36. The Morgan fingerprint density at radius 1 is 1.64 bits per heavy atom. The van der Waals surface area contributed by atoms with Crippen LogP contribution in [0.2, 0.25) is 0 Å². The maximum absolute atomic E-state index is 9.17. The minimum Gasteiger partial charge on any atom is -0.394 e. The Morgan fingerprint density at radius 2 is 2.36 bits per heavy atom. The number of likely N-dealkylation sites (tertiary alicyclic amines) is 1. The van der Waals surface area contributed by atoms with E-state index < -0.39 is 0 Å². The molecule has 1 rings (SSSR count). The molecule has 0 aromatic rings. The molecule has 2 N–H and O–H groups in total. The lowest BCUT2D eigenvalue weighted by Gasteiger charge is -2.40. The van der Waals surface area contributed by atoms with Gasteiger partial charge in [-0.25, -0.2) is 0 Å². The maximum Gasteiger partial charge on any atom is 0.0625 e. The third kappa shape index (κ3) is 1.92. The molecule has 0 saturated carbocycles. The van der Waals surface area contributed by atoms with Crippen LogP contribution in [0, 0.1) is 0 Å². The van der Waals surface area contributed by atoms with E-state index in [9.17, 15) is 5.11 Å². The predicted molar refractivity (Wildman–Crippen MR) is 45.6 cm³/mol. The van der Waals surface area contributed by atoms with Crippen molar-refractivity contribution in [1.29, 1.82) is 0 Å². The number of hydrogen-bond donors (Lipinski definition) is 2. The molecular weight excluding hydrogens is 140 g/mol. The highest BCUT2D eigenvalue weighted by atomic mass is 16.3. The second-order valence-corrected chi connectivity index (χ2v) is 3.53. The fourth-order valence-electron chi connectivity index (χ4n) is 1.77. The zero-order valence-electron chi connectivity index (χ0n) is 7.43. The third-order valence-corrected chi connectivity index (χ3v) is 2.60. The summed E-state index contributed by atoms with van der Waals surface area (Å²) in [5.74, 6) is 0. The van der Waals surface area contributed by atoms with Crippen LogP contribution in [0.15, 0.2) is 0 Å². The van der Waals surface area contributed by atoms with Crippen molar-refractivity contribution in [1.82, 2.24) is 10.2 Å². The average molecular weight is 158 g/mol. The highest BCUT2D eigenvalue weighted by Crippen LogP contribution is 2.18. The molecule has 3 nitrogen and oxygen atoms in total. The van der Waals surface area contributed by atoms with E-state index in [4.69, 9.17) is 0 Å². The van der Waals surface area contributed by atoms with Gasteiger partial charge in [0.1, 0.15) is 0 Å². The Balaban J connectivity index is 2.52. The van der Waals surface area contributed by atoms with Gasteiger partial charge in [0.25, 0.3) is 0 Å². The van der Waals surface area contributed by atoms with E-state index in [2.05, 4.69) is 17.3 Å². The largest absolute Gasteiger partial charge is 0.394 e. The number of aliphatic hydroxyl groups is 1. The molecule has 11 heavy (non-hydrogen) atoms. The van der Waals surface area contributed by atoms with E-state index in [0.29, 0.717) is 0 Å². The highest BCUT2D eigenvalue weighted by molar-refractivity contribution is 4.92. The van der Waals surface area contributed by atoms with E-state index in [1.807, 2.05) is 7.05 Å². The van der Waals surface area contributed by atoms with Crippen LogP contribution in [0.4, 0.5) is 0 Å². The summed E-state index contributed by atoms with van der Waals surface area (Å²) in [4.78, 5) is 2.26. The maximum atomic E-state index is 9.17. The van der Waals surface area contributed by atoms with Gasteiger partial charge in [-0.1, -0.05) is 0 Å². The van der Waals surface area contributed by atoms with Crippen molar-refractivity contribution in [2.24, 2.45) is 0 Å². The van der Waals surface area contributed by atoms with Gasteiger partial charge in [-0.15, -0.1) is 0 Å². The summed E-state index contributed by atoms with van der Waals surface area (Å²) in [5, 5.41) is 12.4. The second-order valence-electron chi connectivity index (χ2n) is 3.53. The molecule has 1 saturated heterocycles. The Kier molecular flexibility index (Phi) is 2.87. The monoisotopic (exact) mass is 158 g/mol. The number of aliphatic hydroxyl groups excluding tert-OH is 1. The molecule has 1 heterocycles. The first kappa shape index (κ1) is 8.97. The summed E-state index contributed by atoms with van der Waals surface area (Å²) >= 11 is 0. The quantitative estimate of drug-likeness (QED) is 0.577. The molecule has 0 aliphatic carbocycles. The third-order valence-electron chi connectivity index (χ3n) is 2.60. The van der Waals surface area contributed by atoms with Crippen LogP contribution in [0.5, 0.6) is 0 Å². The van der Waals surface area contributed by atoms with E-state index >= 15 is 0 Å². The SMILES string of the molecule is CNC1(CO)CCCN(C)C1. The number of nitrogens with zero attached hydrogens (tertiary/aromatic N) is 1. The normalized spacial score (nSPS) is 34.1. The summed E-state index contributed by atoms with van der Waals surface area (Å²) in [7, 11) is 4.02. The standard InChI is InChI=1S/C8H18N2O/c1-9-8(7-11)4-3-5-10(2)6-8/h9,11H,3-7H2,1-2H3. The molecule has 1 atom stereocenters. The molecule has 1 aliphatic rings. The number of rotatable bonds is 2. The van der Waals surface area contributed by atoms with Gasteiger partial charge in [0.05, 0.1) is 12.1 Å². The Morgan fingerprint density at radius 3 is 2.73 bits per heavy atom. The topological polar surface area (TPSA) is 35.5 Å². The van der Waals surface area contributed by atoms with Gasteiger partial charge >= 0.3 is 0 Å². The smallest absolute Gasteiger partial charge is 0.0625 e. The number of piperidine rings is 1. The number of hydrogen-bond acceptors (Lipinski definition) is 3. The van der Waals surface area contributed by atoms with E-state index in [0.717, 1.165) is 19.5 Å². The molecule has 0 aromatic heterocycles. The van der Waals surface area contributed by atoms with Crippen molar-refractivity contribution in [2.45, 2.75) is 18.4 Å². The lowest BCUT2D eigenvalue weighted by molar-refractivity contribution is 0.0864. The molecule has 0 aromatic carbocycles.